The molecule has 0 aliphatic carbocycles. The maximum absolute atomic E-state index is 12.2. The van der Waals surface area contributed by atoms with Crippen LogP contribution in [0.1, 0.15) is 23.6 Å². The minimum Gasteiger partial charge on any atom is -0.481 e. The highest BCUT2D eigenvalue weighted by Crippen LogP contribution is 2.26. The molecule has 18 heavy (non-hydrogen) atoms. The lowest BCUT2D eigenvalue weighted by atomic mass is 9.99. The Kier molecular flexibility index (Phi) is 4.60. The summed E-state index contributed by atoms with van der Waals surface area (Å²) in [4.78, 5) is 10.7. The van der Waals surface area contributed by atoms with Gasteiger partial charge < -0.3 is 9.84 Å². The lowest BCUT2D eigenvalue weighted by Crippen LogP contribution is -2.08. The van der Waals surface area contributed by atoms with Gasteiger partial charge in [0.15, 0.2) is 0 Å². The van der Waals surface area contributed by atoms with Crippen LogP contribution < -0.4 is 4.74 Å². The van der Waals surface area contributed by atoms with E-state index in [1.54, 1.807) is 13.0 Å². The summed E-state index contributed by atoms with van der Waals surface area (Å²) in [6.45, 7) is -1.27. The second-order valence-electron chi connectivity index (χ2n) is 3.53. The normalized spacial score (nSPS) is 10.2. The first-order valence-electron chi connectivity index (χ1n) is 5.20. The number of carboxylic acids is 1. The Morgan fingerprint density at radius 2 is 2.17 bits per heavy atom. The van der Waals surface area contributed by atoms with E-state index in [9.17, 15) is 13.6 Å². The summed E-state index contributed by atoms with van der Waals surface area (Å²) in [6, 6.07) is 4.33. The SMILES string of the molecule is CCc1cc(C#N)c(OC(F)F)cc1CC(=O)O. The van der Waals surface area contributed by atoms with Gasteiger partial charge in [0.2, 0.25) is 0 Å². The number of carbonyl (C=O) groups is 1. The molecule has 0 aliphatic heterocycles. The molecule has 0 spiro atoms. The second-order valence-corrected chi connectivity index (χ2v) is 3.53. The smallest absolute Gasteiger partial charge is 0.387 e. The van der Waals surface area contributed by atoms with Crippen LogP contribution in [0.15, 0.2) is 12.1 Å². The zero-order valence-electron chi connectivity index (χ0n) is 9.61. The number of nitriles is 1. The first kappa shape index (κ1) is 13.9. The fourth-order valence-corrected chi connectivity index (χ4v) is 1.60. The van der Waals surface area contributed by atoms with Crippen molar-refractivity contribution in [3.63, 3.8) is 0 Å². The Bertz CT molecular complexity index is 495. The molecule has 0 heterocycles. The zero-order valence-corrected chi connectivity index (χ0v) is 9.61. The summed E-state index contributed by atoms with van der Waals surface area (Å²) >= 11 is 0. The summed E-state index contributed by atoms with van der Waals surface area (Å²) < 4.78 is 28.5. The molecule has 1 aromatic rings. The van der Waals surface area contributed by atoms with E-state index in [1.165, 1.54) is 12.1 Å². The van der Waals surface area contributed by atoms with Crippen LogP contribution in [0.4, 0.5) is 8.78 Å². The summed E-state index contributed by atoms with van der Waals surface area (Å²) in [5.41, 5.74) is 0.983. The highest BCUT2D eigenvalue weighted by Gasteiger charge is 2.15. The molecule has 0 saturated carbocycles. The highest BCUT2D eigenvalue weighted by molar-refractivity contribution is 5.71. The van der Waals surface area contributed by atoms with Gasteiger partial charge in [-0.1, -0.05) is 6.92 Å². The van der Waals surface area contributed by atoms with Gasteiger partial charge in [-0.3, -0.25) is 4.79 Å². The van der Waals surface area contributed by atoms with E-state index in [0.717, 1.165) is 0 Å². The molecule has 0 aliphatic rings. The van der Waals surface area contributed by atoms with E-state index in [1.807, 2.05) is 0 Å². The van der Waals surface area contributed by atoms with Gasteiger partial charge in [0.1, 0.15) is 11.8 Å². The van der Waals surface area contributed by atoms with Gasteiger partial charge >= 0.3 is 12.6 Å². The molecule has 1 rings (SSSR count). The van der Waals surface area contributed by atoms with Crippen molar-refractivity contribution in [2.24, 2.45) is 0 Å². The highest BCUT2D eigenvalue weighted by atomic mass is 19.3. The molecule has 0 aromatic heterocycles. The van der Waals surface area contributed by atoms with Gasteiger partial charge in [-0.15, -0.1) is 0 Å². The van der Waals surface area contributed by atoms with Crippen LogP contribution in [-0.4, -0.2) is 17.7 Å². The predicted molar refractivity (Wildman–Crippen MR) is 58.5 cm³/mol. The van der Waals surface area contributed by atoms with Crippen LogP contribution in [0.2, 0.25) is 0 Å². The summed E-state index contributed by atoms with van der Waals surface area (Å²) in [6.07, 6.45) is 0.209. The van der Waals surface area contributed by atoms with Gasteiger partial charge in [-0.25, -0.2) is 0 Å². The lowest BCUT2D eigenvalue weighted by molar-refractivity contribution is -0.136. The average molecular weight is 255 g/mol. The van der Waals surface area contributed by atoms with Crippen LogP contribution in [0.5, 0.6) is 5.75 Å². The fourth-order valence-electron chi connectivity index (χ4n) is 1.60. The Balaban J connectivity index is 3.25. The Hall–Kier alpha value is -2.16. The van der Waals surface area contributed by atoms with Crippen LogP contribution in [0, 0.1) is 11.3 Å². The molecule has 1 N–H and O–H groups in total. The maximum Gasteiger partial charge on any atom is 0.387 e. The van der Waals surface area contributed by atoms with E-state index in [4.69, 9.17) is 10.4 Å². The lowest BCUT2D eigenvalue weighted by Gasteiger charge is -2.11. The number of hydrogen-bond acceptors (Lipinski definition) is 3. The molecule has 1 aromatic carbocycles. The Morgan fingerprint density at radius 3 is 2.61 bits per heavy atom. The number of hydrogen-bond donors (Lipinski definition) is 1. The van der Waals surface area contributed by atoms with Gasteiger partial charge in [-0.2, -0.15) is 14.0 Å². The number of aryl methyl sites for hydroxylation is 1. The first-order valence-corrected chi connectivity index (χ1v) is 5.20. The maximum atomic E-state index is 12.2. The monoisotopic (exact) mass is 255 g/mol. The number of ether oxygens (including phenoxy) is 1. The van der Waals surface area contributed by atoms with Gasteiger partial charge in [0.05, 0.1) is 12.0 Å². The molecule has 0 radical (unpaired) electrons. The van der Waals surface area contributed by atoms with Crippen molar-refractivity contribution in [1.29, 1.82) is 5.26 Å². The first-order chi connectivity index (χ1) is 8.47. The molecule has 0 fully saturated rings. The van der Waals surface area contributed by atoms with Crippen LogP contribution >= 0.6 is 0 Å². The molecule has 4 nitrogen and oxygen atoms in total. The topological polar surface area (TPSA) is 70.3 Å². The molecule has 0 amide bonds. The average Bonchev–Trinajstić information content (AvgIpc) is 2.28. The van der Waals surface area contributed by atoms with Crippen LogP contribution in [0.3, 0.4) is 0 Å². The molecule has 0 unspecified atom stereocenters. The number of alkyl halides is 2. The zero-order chi connectivity index (χ0) is 13.7. The number of nitrogens with zero attached hydrogens (tertiary/aromatic N) is 1. The number of halogens is 2. The molecule has 0 atom stereocenters. The summed E-state index contributed by atoms with van der Waals surface area (Å²) in [7, 11) is 0. The van der Waals surface area contributed by atoms with Crippen molar-refractivity contribution in [3.8, 4) is 11.8 Å². The van der Waals surface area contributed by atoms with E-state index in [2.05, 4.69) is 4.74 Å². The fraction of sp³-hybridized carbons (Fsp3) is 0.333. The standard InChI is InChI=1S/C12H11F2NO3/c1-2-7-3-9(6-15)10(18-12(13)14)4-8(7)5-11(16)17/h3-4,12H,2,5H2,1H3,(H,16,17). The molecule has 0 saturated heterocycles. The predicted octanol–water partition coefficient (Wildman–Crippen LogP) is 2.35. The minimum atomic E-state index is -3.05. The third kappa shape index (κ3) is 3.42. The van der Waals surface area contributed by atoms with Gasteiger partial charge in [-0.05, 0) is 29.7 Å². The molecule has 0 bridgehead atoms. The molecule has 6 heteroatoms. The second kappa shape index (κ2) is 5.96. The van der Waals surface area contributed by atoms with Crippen molar-refractivity contribution in [2.75, 3.05) is 0 Å². The largest absolute Gasteiger partial charge is 0.481 e. The third-order valence-corrected chi connectivity index (χ3v) is 2.36. The molecule has 96 valence electrons. The van der Waals surface area contributed by atoms with Crippen LogP contribution in [-0.2, 0) is 17.6 Å². The quantitative estimate of drug-likeness (QED) is 0.876. The summed E-state index contributed by atoms with van der Waals surface area (Å²) in [5.74, 6) is -1.36. The van der Waals surface area contributed by atoms with Gasteiger partial charge in [0, 0.05) is 0 Å². The third-order valence-electron chi connectivity index (χ3n) is 2.36. The van der Waals surface area contributed by atoms with E-state index in [0.29, 0.717) is 17.5 Å². The number of benzene rings is 1. The number of aliphatic carboxylic acids is 1. The van der Waals surface area contributed by atoms with Gasteiger partial charge in [0.25, 0.3) is 0 Å². The van der Waals surface area contributed by atoms with Crippen LogP contribution in [0.25, 0.3) is 0 Å². The van der Waals surface area contributed by atoms with E-state index >= 15 is 0 Å². The van der Waals surface area contributed by atoms with Crippen molar-refractivity contribution in [3.05, 3.63) is 28.8 Å². The minimum absolute atomic E-state index is 0.0266. The van der Waals surface area contributed by atoms with Crippen molar-refractivity contribution in [1.82, 2.24) is 0 Å². The van der Waals surface area contributed by atoms with Crippen molar-refractivity contribution >= 4 is 5.97 Å². The van der Waals surface area contributed by atoms with Crippen molar-refractivity contribution in [2.45, 2.75) is 26.4 Å². The Morgan fingerprint density at radius 1 is 1.50 bits per heavy atom. The molecular formula is C12H11F2NO3. The number of carboxylic acid groups (broad SMARTS) is 1. The molecular weight excluding hydrogens is 244 g/mol. The van der Waals surface area contributed by atoms with E-state index in [-0.39, 0.29) is 17.7 Å². The van der Waals surface area contributed by atoms with Crippen molar-refractivity contribution < 1.29 is 23.4 Å². The number of rotatable bonds is 5. The summed E-state index contributed by atoms with van der Waals surface area (Å²) in [5, 5.41) is 17.6. The van der Waals surface area contributed by atoms with E-state index < -0.39 is 12.6 Å². The Labute approximate surface area is 102 Å².